The molecule has 1 saturated heterocycles. The van der Waals surface area contributed by atoms with Gasteiger partial charge in [-0.2, -0.15) is 5.10 Å². The molecular weight excluding hydrogens is 679 g/mol. The highest BCUT2D eigenvalue weighted by Crippen LogP contribution is 2.36. The fourth-order valence-electron chi connectivity index (χ4n) is 3.83. The first-order valence-electron chi connectivity index (χ1n) is 12.6. The summed E-state index contributed by atoms with van der Waals surface area (Å²) in [6.45, 7) is -0.135. The number of amides is 2. The van der Waals surface area contributed by atoms with Crippen LogP contribution in [0.25, 0.3) is 6.08 Å². The number of halogens is 3. The predicted molar refractivity (Wildman–Crippen MR) is 173 cm³/mol. The minimum absolute atomic E-state index is 0.0134. The van der Waals surface area contributed by atoms with Gasteiger partial charge in [-0.05, 0) is 90.6 Å². The summed E-state index contributed by atoms with van der Waals surface area (Å²) in [5.74, 6) is 0.246. The van der Waals surface area contributed by atoms with E-state index in [4.69, 9.17) is 32.4 Å². The van der Waals surface area contributed by atoms with Crippen molar-refractivity contribution in [3.63, 3.8) is 0 Å². The molecule has 5 rings (SSSR count). The number of hydrogen-bond acceptors (Lipinski definition) is 8. The number of aromatic hydroxyl groups is 1. The van der Waals surface area contributed by atoms with Gasteiger partial charge in [0, 0.05) is 31.3 Å². The van der Waals surface area contributed by atoms with Gasteiger partial charge in [-0.25, -0.2) is 0 Å². The Balaban J connectivity index is 1.38. The number of thioether (sulfide) groups is 1. The van der Waals surface area contributed by atoms with Crippen molar-refractivity contribution in [1.82, 2.24) is 4.90 Å². The van der Waals surface area contributed by atoms with Gasteiger partial charge in [-0.15, -0.1) is 5.10 Å². The Labute approximate surface area is 269 Å². The molecule has 0 radical (unpaired) electrons. The summed E-state index contributed by atoms with van der Waals surface area (Å²) in [5.41, 5.74) is 1.52. The molecule has 2 amide bonds. The lowest BCUT2D eigenvalue weighted by Gasteiger charge is -2.13. The second kappa shape index (κ2) is 14.0. The quantitative estimate of drug-likeness (QED) is 0.106. The molecule has 2 N–H and O–H groups in total. The molecule has 0 spiro atoms. The zero-order valence-electron chi connectivity index (χ0n) is 22.0. The molecule has 1 aromatic heterocycles. The lowest BCUT2D eigenvalue weighted by Crippen LogP contribution is -2.28. The van der Waals surface area contributed by atoms with Crippen molar-refractivity contribution in [2.75, 3.05) is 11.9 Å². The van der Waals surface area contributed by atoms with Gasteiger partial charge in [0.05, 0.1) is 23.9 Å². The highest BCUT2D eigenvalue weighted by Gasteiger charge is 2.34. The fourth-order valence-corrected chi connectivity index (χ4v) is 5.44. The van der Waals surface area contributed by atoms with Gasteiger partial charge in [0.15, 0.2) is 11.8 Å². The molecule has 0 unspecified atom stereocenters. The monoisotopic (exact) mass is 698 g/mol. The Morgan fingerprint density at radius 1 is 1.07 bits per heavy atom. The first kappa shape index (κ1) is 30.4. The van der Waals surface area contributed by atoms with Gasteiger partial charge in [-0.1, -0.05) is 39.1 Å². The Morgan fingerprint density at radius 2 is 1.86 bits per heavy atom. The van der Waals surface area contributed by atoms with E-state index in [9.17, 15) is 14.7 Å². The number of phenolic OH excluding ortho intramolecular Hbond substituents is 1. The maximum atomic E-state index is 13.5. The molecule has 1 aliphatic heterocycles. The first-order valence-corrected chi connectivity index (χ1v) is 14.9. The number of carbonyl (C=O) groups excluding carboxylic acids is 2. The molecule has 1 fully saturated rings. The summed E-state index contributed by atoms with van der Waals surface area (Å²) in [5, 5.41) is 22.4. The van der Waals surface area contributed by atoms with Crippen LogP contribution in [0.3, 0.4) is 0 Å². The number of phenols is 1. The number of carbonyl (C=O) groups is 2. The maximum absolute atomic E-state index is 13.5. The molecule has 4 aromatic rings. The summed E-state index contributed by atoms with van der Waals surface area (Å²) in [6, 6.07) is 20.0. The molecule has 0 aliphatic carbocycles. The van der Waals surface area contributed by atoms with Crippen molar-refractivity contribution in [2.45, 2.75) is 6.54 Å². The van der Waals surface area contributed by atoms with Crippen LogP contribution in [0.1, 0.15) is 16.9 Å². The van der Waals surface area contributed by atoms with E-state index in [1.165, 1.54) is 23.4 Å². The zero-order valence-corrected chi connectivity index (χ0v) is 26.0. The number of anilines is 1. The van der Waals surface area contributed by atoms with E-state index in [0.29, 0.717) is 48.4 Å². The van der Waals surface area contributed by atoms with E-state index in [0.717, 1.165) is 16.2 Å². The number of furan rings is 1. The summed E-state index contributed by atoms with van der Waals surface area (Å²) in [4.78, 5) is 27.8. The van der Waals surface area contributed by atoms with Crippen molar-refractivity contribution in [3.05, 3.63) is 115 Å². The van der Waals surface area contributed by atoms with Crippen LogP contribution in [-0.2, 0) is 16.1 Å². The highest BCUT2D eigenvalue weighted by molar-refractivity contribution is 9.10. The third kappa shape index (κ3) is 8.08. The molecule has 13 heteroatoms. The minimum atomic E-state index is -0.363. The van der Waals surface area contributed by atoms with Crippen LogP contribution in [0.4, 0.5) is 5.69 Å². The number of amidine groups is 1. The van der Waals surface area contributed by atoms with Crippen molar-refractivity contribution in [2.24, 2.45) is 10.2 Å². The van der Waals surface area contributed by atoms with Crippen LogP contribution in [0.15, 0.2) is 103 Å². The first-order chi connectivity index (χ1) is 20.7. The van der Waals surface area contributed by atoms with Crippen molar-refractivity contribution < 1.29 is 23.8 Å². The molecule has 3 aromatic carbocycles. The summed E-state index contributed by atoms with van der Waals surface area (Å²) in [6.07, 6.45) is 4.53. The Morgan fingerprint density at radius 3 is 2.63 bits per heavy atom. The van der Waals surface area contributed by atoms with E-state index >= 15 is 0 Å². The van der Waals surface area contributed by atoms with E-state index in [1.807, 2.05) is 0 Å². The van der Waals surface area contributed by atoms with Gasteiger partial charge < -0.3 is 19.6 Å². The van der Waals surface area contributed by atoms with Crippen LogP contribution >= 0.6 is 50.9 Å². The number of rotatable bonds is 9. The van der Waals surface area contributed by atoms with Crippen molar-refractivity contribution in [3.8, 4) is 11.5 Å². The third-order valence-corrected chi connectivity index (χ3v) is 7.83. The van der Waals surface area contributed by atoms with E-state index in [2.05, 4.69) is 31.4 Å². The van der Waals surface area contributed by atoms with Crippen LogP contribution in [0.2, 0.25) is 10.0 Å². The molecule has 43 heavy (non-hydrogen) atoms. The molecule has 9 nitrogen and oxygen atoms in total. The predicted octanol–water partition coefficient (Wildman–Crippen LogP) is 7.58. The van der Waals surface area contributed by atoms with Crippen LogP contribution in [0, 0.1) is 0 Å². The van der Waals surface area contributed by atoms with E-state index < -0.39 is 0 Å². The van der Waals surface area contributed by atoms with Gasteiger partial charge in [0.2, 0.25) is 0 Å². The smallest absolute Gasteiger partial charge is 0.267 e. The van der Waals surface area contributed by atoms with Crippen LogP contribution in [-0.4, -0.2) is 39.8 Å². The normalized spacial score (nSPS) is 15.1. The molecule has 0 atom stereocenters. The minimum Gasteiger partial charge on any atom is -0.507 e. The molecule has 218 valence electrons. The lowest BCUT2D eigenvalue weighted by molar-refractivity contribution is -0.122. The summed E-state index contributed by atoms with van der Waals surface area (Å²) < 4.78 is 12.0. The highest BCUT2D eigenvalue weighted by atomic mass is 79.9. The standard InChI is InChI=1S/C30H21BrCl2N4O5S/c31-20-3-10-26(42-17-28(39)35-23-7-4-21(32)5-8-23)18(12-20)14-27-29(40)37(16-24-2-1-11-41-24)30(43-27)36-34-15-19-13-22(33)6-9-25(19)38/h1-15,38H,16-17H2,(H,35,39)/b27-14-,34-15-,36-30+. The summed E-state index contributed by atoms with van der Waals surface area (Å²) in [7, 11) is 0. The molecule has 0 bridgehead atoms. The van der Waals surface area contributed by atoms with Crippen molar-refractivity contribution >= 4 is 85.9 Å². The Bertz CT molecular complexity index is 1740. The zero-order chi connectivity index (χ0) is 30.3. The van der Waals surface area contributed by atoms with Gasteiger partial charge in [0.25, 0.3) is 11.8 Å². The number of nitrogens with zero attached hydrogens (tertiary/aromatic N) is 3. The molecule has 2 heterocycles. The Kier molecular flexibility index (Phi) is 9.88. The fraction of sp³-hybridized carbons (Fsp3) is 0.0667. The van der Waals surface area contributed by atoms with Gasteiger partial charge in [0.1, 0.15) is 17.3 Å². The number of benzene rings is 3. The molecular formula is C30H21BrCl2N4O5S. The van der Waals surface area contributed by atoms with Gasteiger partial charge >= 0.3 is 0 Å². The van der Waals surface area contributed by atoms with Crippen LogP contribution < -0.4 is 10.1 Å². The Hall–Kier alpha value is -4.03. The van der Waals surface area contributed by atoms with Gasteiger partial charge in [-0.3, -0.25) is 14.5 Å². The topological polar surface area (TPSA) is 117 Å². The van der Waals surface area contributed by atoms with Crippen molar-refractivity contribution in [1.29, 1.82) is 0 Å². The number of hydrogen-bond donors (Lipinski definition) is 2. The summed E-state index contributed by atoms with van der Waals surface area (Å²) >= 11 is 16.5. The largest absolute Gasteiger partial charge is 0.507 e. The van der Waals surface area contributed by atoms with Crippen LogP contribution in [0.5, 0.6) is 11.5 Å². The average molecular weight is 700 g/mol. The number of nitrogens with one attached hydrogen (secondary N) is 1. The molecule has 0 saturated carbocycles. The maximum Gasteiger partial charge on any atom is 0.267 e. The van der Waals surface area contributed by atoms with E-state index in [1.54, 1.807) is 72.8 Å². The second-order valence-electron chi connectivity index (χ2n) is 8.94. The van der Waals surface area contributed by atoms with E-state index in [-0.39, 0.29) is 30.7 Å². The molecule has 1 aliphatic rings. The SMILES string of the molecule is O=C(COc1ccc(Br)cc1/C=C1\S/C(=N/N=C\c2cc(Cl)ccc2O)N(Cc2ccco2)C1=O)Nc1ccc(Cl)cc1. The lowest BCUT2D eigenvalue weighted by atomic mass is 10.2. The average Bonchev–Trinajstić information content (AvgIpc) is 3.60. The second-order valence-corrected chi connectivity index (χ2v) is 11.7. The third-order valence-electron chi connectivity index (χ3n) is 5.86. The number of ether oxygens (including phenoxy) is 1.